The van der Waals surface area contributed by atoms with E-state index in [4.69, 9.17) is 9.73 Å². The number of thioether (sulfide) groups is 2. The topological polar surface area (TPSA) is 74.3 Å². The second-order valence-corrected chi connectivity index (χ2v) is 8.31. The quantitative estimate of drug-likeness (QED) is 0.441. The smallest absolute Gasteiger partial charge is 0.368 e. The maximum absolute atomic E-state index is 12.3. The Bertz CT molecular complexity index is 1070. The highest BCUT2D eigenvalue weighted by Gasteiger charge is 2.14. The fourth-order valence-electron chi connectivity index (χ4n) is 2.77. The van der Waals surface area contributed by atoms with Gasteiger partial charge in [-0.2, -0.15) is 9.36 Å². The summed E-state index contributed by atoms with van der Waals surface area (Å²) >= 11 is 3.27. The lowest BCUT2D eigenvalue weighted by atomic mass is 10.1. The van der Waals surface area contributed by atoms with Crippen LogP contribution in [-0.4, -0.2) is 37.5 Å². The lowest BCUT2D eigenvalue weighted by Crippen LogP contribution is -2.23. The van der Waals surface area contributed by atoms with Crippen LogP contribution in [0.15, 0.2) is 52.3 Å². The number of nitrogens with zero attached hydrogens (tertiary/aromatic N) is 5. The number of hydrogen-bond acceptors (Lipinski definition) is 7. The molecule has 0 atom stereocenters. The lowest BCUT2D eigenvalue weighted by Gasteiger charge is -2.11. The molecule has 1 aromatic heterocycles. The van der Waals surface area contributed by atoms with Gasteiger partial charge in [0.25, 0.3) is 0 Å². The summed E-state index contributed by atoms with van der Waals surface area (Å²) in [5.41, 5.74) is 3.73. The van der Waals surface area contributed by atoms with Gasteiger partial charge in [-0.15, -0.1) is 11.8 Å². The summed E-state index contributed by atoms with van der Waals surface area (Å²) in [6, 6.07) is 13.8. The molecule has 0 bridgehead atoms. The van der Waals surface area contributed by atoms with E-state index in [1.54, 1.807) is 37.7 Å². The number of ether oxygens (including phenoxy) is 1. The third-order valence-electron chi connectivity index (χ3n) is 4.37. The molecule has 0 radical (unpaired) electrons. The summed E-state index contributed by atoms with van der Waals surface area (Å²) in [4.78, 5) is 17.0. The molecule has 0 N–H and O–H groups in total. The maximum atomic E-state index is 12.3. The number of aliphatic imine (C=N–C) groups is 1. The van der Waals surface area contributed by atoms with Crippen LogP contribution in [0.1, 0.15) is 16.7 Å². The van der Waals surface area contributed by atoms with Crippen molar-refractivity contribution in [1.29, 1.82) is 0 Å². The average Bonchev–Trinajstić information content (AvgIpc) is 3.07. The summed E-state index contributed by atoms with van der Waals surface area (Å²) in [6.07, 6.45) is 2.02. The fraction of sp³-hybridized carbons (Fsp3) is 0.300. The van der Waals surface area contributed by atoms with Crippen molar-refractivity contribution in [2.24, 2.45) is 12.0 Å². The summed E-state index contributed by atoms with van der Waals surface area (Å²) in [5.74, 6) is 1.51. The van der Waals surface area contributed by atoms with Gasteiger partial charge in [0.15, 0.2) is 0 Å². The lowest BCUT2D eigenvalue weighted by molar-refractivity contribution is 0.414. The molecule has 3 rings (SSSR count). The molecular weight excluding hydrogens is 406 g/mol. The van der Waals surface area contributed by atoms with Gasteiger partial charge < -0.3 is 4.74 Å². The summed E-state index contributed by atoms with van der Waals surface area (Å²) in [5, 5.41) is 7.81. The standard InChI is InChI=1S/C20H23N5O2S2/c1-14-7-5-10-18(25-20(26)24(2)22-23-25)17(14)13-29-19(28-4)21-12-15-8-6-9-16(11-15)27-3/h5-11H,12-13H2,1-4H3/b21-19+. The molecular formula is C20H23N5O2S2. The number of methoxy groups -OCH3 is 1. The molecule has 2 aromatic carbocycles. The number of hydrogen-bond donors (Lipinski definition) is 0. The van der Waals surface area contributed by atoms with E-state index >= 15 is 0 Å². The van der Waals surface area contributed by atoms with Crippen LogP contribution in [0, 0.1) is 6.92 Å². The van der Waals surface area contributed by atoms with E-state index < -0.39 is 0 Å². The molecule has 0 aliphatic heterocycles. The van der Waals surface area contributed by atoms with Gasteiger partial charge in [-0.25, -0.2) is 4.79 Å². The first-order valence-electron chi connectivity index (χ1n) is 8.95. The van der Waals surface area contributed by atoms with Crippen molar-refractivity contribution in [2.75, 3.05) is 13.4 Å². The molecule has 29 heavy (non-hydrogen) atoms. The normalized spacial score (nSPS) is 11.7. The average molecular weight is 430 g/mol. The summed E-state index contributed by atoms with van der Waals surface area (Å²) < 4.78 is 8.82. The van der Waals surface area contributed by atoms with Gasteiger partial charge in [0.1, 0.15) is 10.1 Å². The first-order chi connectivity index (χ1) is 14.0. The molecule has 3 aromatic rings. The molecule has 152 valence electrons. The van der Waals surface area contributed by atoms with Crippen LogP contribution >= 0.6 is 23.5 Å². The number of benzene rings is 2. The van der Waals surface area contributed by atoms with Crippen LogP contribution in [0.4, 0.5) is 0 Å². The Labute approximate surface area is 178 Å². The minimum absolute atomic E-state index is 0.265. The van der Waals surface area contributed by atoms with Crippen LogP contribution in [0.5, 0.6) is 5.75 Å². The molecule has 0 aliphatic rings. The number of rotatable bonds is 6. The van der Waals surface area contributed by atoms with Crippen molar-refractivity contribution in [1.82, 2.24) is 19.8 Å². The van der Waals surface area contributed by atoms with E-state index in [9.17, 15) is 4.79 Å². The van der Waals surface area contributed by atoms with Crippen molar-refractivity contribution in [2.45, 2.75) is 19.2 Å². The number of aryl methyl sites for hydroxylation is 2. The molecule has 0 aliphatic carbocycles. The Morgan fingerprint density at radius 1 is 1.21 bits per heavy atom. The van der Waals surface area contributed by atoms with Gasteiger partial charge in [0, 0.05) is 12.8 Å². The van der Waals surface area contributed by atoms with Crippen molar-refractivity contribution in [3.05, 3.63) is 69.6 Å². The molecule has 0 fully saturated rings. The number of tetrazole rings is 1. The minimum Gasteiger partial charge on any atom is -0.497 e. The molecule has 0 saturated heterocycles. The van der Waals surface area contributed by atoms with E-state index in [0.717, 1.165) is 32.5 Å². The first-order valence-corrected chi connectivity index (χ1v) is 11.2. The van der Waals surface area contributed by atoms with Crippen LogP contribution in [0.3, 0.4) is 0 Å². The SMILES string of the molecule is COc1cccc(C/N=C(\SC)SCc2c(C)cccc2-n2nnn(C)c2=O)c1. The van der Waals surface area contributed by atoms with Gasteiger partial charge in [-0.1, -0.05) is 36.0 Å². The molecule has 0 saturated carbocycles. The van der Waals surface area contributed by atoms with Gasteiger partial charge >= 0.3 is 5.69 Å². The second kappa shape index (κ2) is 9.80. The Hall–Kier alpha value is -2.52. The predicted octanol–water partition coefficient (Wildman–Crippen LogP) is 3.44. The van der Waals surface area contributed by atoms with Crippen LogP contribution < -0.4 is 10.4 Å². The zero-order valence-corrected chi connectivity index (χ0v) is 18.5. The van der Waals surface area contributed by atoms with Crippen LogP contribution in [0.2, 0.25) is 0 Å². The largest absolute Gasteiger partial charge is 0.497 e. The van der Waals surface area contributed by atoms with Gasteiger partial charge in [-0.05, 0) is 58.5 Å². The van der Waals surface area contributed by atoms with E-state index in [0.29, 0.717) is 12.3 Å². The third-order valence-corrected chi connectivity index (χ3v) is 6.52. The summed E-state index contributed by atoms with van der Waals surface area (Å²) in [7, 11) is 3.25. The van der Waals surface area contributed by atoms with Gasteiger partial charge in [0.05, 0.1) is 19.3 Å². The Balaban J connectivity index is 1.79. The molecule has 0 amide bonds. The maximum Gasteiger partial charge on any atom is 0.368 e. The van der Waals surface area contributed by atoms with Crippen molar-refractivity contribution in [3.8, 4) is 11.4 Å². The van der Waals surface area contributed by atoms with Crippen molar-refractivity contribution < 1.29 is 4.74 Å². The summed E-state index contributed by atoms with van der Waals surface area (Å²) in [6.45, 7) is 2.62. The van der Waals surface area contributed by atoms with Crippen molar-refractivity contribution in [3.63, 3.8) is 0 Å². The van der Waals surface area contributed by atoms with E-state index in [2.05, 4.69) is 10.4 Å². The molecule has 9 heteroatoms. The second-order valence-electron chi connectivity index (χ2n) is 6.30. The minimum atomic E-state index is -0.265. The van der Waals surface area contributed by atoms with Gasteiger partial charge in [-0.3, -0.25) is 4.99 Å². The van der Waals surface area contributed by atoms with Crippen LogP contribution in [-0.2, 0) is 19.3 Å². The Morgan fingerprint density at radius 3 is 2.69 bits per heavy atom. The van der Waals surface area contributed by atoms with E-state index in [1.807, 2.05) is 55.6 Å². The monoisotopic (exact) mass is 429 g/mol. The van der Waals surface area contributed by atoms with E-state index in [1.165, 1.54) is 9.36 Å². The van der Waals surface area contributed by atoms with Gasteiger partial charge in [0.2, 0.25) is 0 Å². The molecule has 7 nitrogen and oxygen atoms in total. The van der Waals surface area contributed by atoms with Crippen LogP contribution in [0.25, 0.3) is 5.69 Å². The highest BCUT2D eigenvalue weighted by Crippen LogP contribution is 2.26. The molecule has 0 spiro atoms. The molecule has 1 heterocycles. The fourth-order valence-corrected chi connectivity index (χ4v) is 4.41. The zero-order chi connectivity index (χ0) is 20.8. The van der Waals surface area contributed by atoms with Crippen molar-refractivity contribution >= 4 is 27.9 Å². The Morgan fingerprint density at radius 2 is 2.00 bits per heavy atom. The highest BCUT2D eigenvalue weighted by atomic mass is 32.2. The molecule has 0 unspecified atom stereocenters. The first kappa shape index (κ1) is 21.2. The Kier molecular flexibility index (Phi) is 7.16. The van der Waals surface area contributed by atoms with E-state index in [-0.39, 0.29) is 5.69 Å². The number of aromatic nitrogens is 4. The zero-order valence-electron chi connectivity index (χ0n) is 16.8. The highest BCUT2D eigenvalue weighted by molar-refractivity contribution is 8.38. The third kappa shape index (κ3) is 5.10. The predicted molar refractivity (Wildman–Crippen MR) is 120 cm³/mol.